The monoisotopic (exact) mass is 444 g/mol. The Labute approximate surface area is 186 Å². The molecule has 3 heterocycles. The maximum Gasteiger partial charge on any atom is 0.236 e. The summed E-state index contributed by atoms with van der Waals surface area (Å²) in [5.74, 6) is 0.793. The van der Waals surface area contributed by atoms with Crippen LogP contribution in [0.2, 0.25) is 0 Å². The standard InChI is InChI=1S/C22H28N4O2S2/c1-17-4-6-18(7-5-17)19-15-29-22(23-19)30-16-21(28)26-12-10-24(11-13-26)14-20(27)25-8-2-3-9-25/h4-7,15H,2-3,8-14,16H2,1H3. The Bertz CT molecular complexity index is 870. The summed E-state index contributed by atoms with van der Waals surface area (Å²) in [6, 6.07) is 8.34. The molecule has 4 rings (SSSR count). The van der Waals surface area contributed by atoms with E-state index in [-0.39, 0.29) is 11.8 Å². The largest absolute Gasteiger partial charge is 0.342 e. The van der Waals surface area contributed by atoms with Crippen LogP contribution < -0.4 is 0 Å². The highest BCUT2D eigenvalue weighted by molar-refractivity contribution is 8.01. The number of amides is 2. The molecule has 0 unspecified atom stereocenters. The number of aryl methyl sites for hydroxylation is 1. The van der Waals surface area contributed by atoms with E-state index in [4.69, 9.17) is 0 Å². The fourth-order valence-electron chi connectivity index (χ4n) is 3.81. The predicted octanol–water partition coefficient (Wildman–Crippen LogP) is 2.98. The summed E-state index contributed by atoms with van der Waals surface area (Å²) in [4.78, 5) is 35.6. The topological polar surface area (TPSA) is 56.8 Å². The summed E-state index contributed by atoms with van der Waals surface area (Å²) in [6.07, 6.45) is 2.24. The fraction of sp³-hybridized carbons (Fsp3) is 0.500. The second-order valence-electron chi connectivity index (χ2n) is 7.90. The van der Waals surface area contributed by atoms with Crippen LogP contribution in [0.1, 0.15) is 18.4 Å². The fourth-order valence-corrected chi connectivity index (χ4v) is 5.55. The van der Waals surface area contributed by atoms with Crippen LogP contribution in [0.3, 0.4) is 0 Å². The van der Waals surface area contributed by atoms with Crippen LogP contribution in [0, 0.1) is 6.92 Å². The molecular weight excluding hydrogens is 416 g/mol. The van der Waals surface area contributed by atoms with E-state index in [9.17, 15) is 9.59 Å². The van der Waals surface area contributed by atoms with Crippen molar-refractivity contribution in [3.05, 3.63) is 35.2 Å². The van der Waals surface area contributed by atoms with E-state index in [1.54, 1.807) is 11.3 Å². The molecule has 2 aliphatic rings. The van der Waals surface area contributed by atoms with Crippen molar-refractivity contribution in [1.82, 2.24) is 19.7 Å². The maximum atomic E-state index is 12.6. The molecule has 2 amide bonds. The van der Waals surface area contributed by atoms with Crippen LogP contribution in [0.25, 0.3) is 11.3 Å². The third kappa shape index (κ3) is 5.42. The van der Waals surface area contributed by atoms with Crippen molar-refractivity contribution in [2.24, 2.45) is 0 Å². The number of thioether (sulfide) groups is 1. The number of likely N-dealkylation sites (tertiary alicyclic amines) is 1. The molecule has 0 saturated carbocycles. The molecule has 0 N–H and O–H groups in total. The Hall–Kier alpha value is -1.90. The molecule has 2 fully saturated rings. The van der Waals surface area contributed by atoms with Crippen molar-refractivity contribution in [2.45, 2.75) is 24.1 Å². The summed E-state index contributed by atoms with van der Waals surface area (Å²) >= 11 is 3.10. The molecule has 0 spiro atoms. The first-order valence-electron chi connectivity index (χ1n) is 10.5. The summed E-state index contributed by atoms with van der Waals surface area (Å²) < 4.78 is 0.925. The van der Waals surface area contributed by atoms with Gasteiger partial charge in [-0.15, -0.1) is 11.3 Å². The van der Waals surface area contributed by atoms with Crippen molar-refractivity contribution >= 4 is 34.9 Å². The molecule has 160 valence electrons. The quantitative estimate of drug-likeness (QED) is 0.641. The Morgan fingerprint density at radius 3 is 2.33 bits per heavy atom. The van der Waals surface area contributed by atoms with Gasteiger partial charge in [0.15, 0.2) is 4.34 Å². The lowest BCUT2D eigenvalue weighted by Crippen LogP contribution is -2.51. The zero-order valence-corrected chi connectivity index (χ0v) is 19.0. The van der Waals surface area contributed by atoms with Crippen molar-refractivity contribution in [1.29, 1.82) is 0 Å². The minimum Gasteiger partial charge on any atom is -0.342 e. The first-order valence-corrected chi connectivity index (χ1v) is 12.4. The number of hydrogen-bond donors (Lipinski definition) is 0. The average molecular weight is 445 g/mol. The third-order valence-electron chi connectivity index (χ3n) is 5.69. The summed E-state index contributed by atoms with van der Waals surface area (Å²) in [6.45, 7) is 7.28. The van der Waals surface area contributed by atoms with Crippen LogP contribution in [0.5, 0.6) is 0 Å². The van der Waals surface area contributed by atoms with Crippen LogP contribution in [-0.2, 0) is 9.59 Å². The molecule has 0 bridgehead atoms. The number of hydrogen-bond acceptors (Lipinski definition) is 6. The van der Waals surface area contributed by atoms with Gasteiger partial charge in [0.2, 0.25) is 11.8 Å². The van der Waals surface area contributed by atoms with Crippen LogP contribution in [0.15, 0.2) is 34.0 Å². The Morgan fingerprint density at radius 1 is 0.967 bits per heavy atom. The minimum absolute atomic E-state index is 0.151. The molecule has 0 radical (unpaired) electrons. The van der Waals surface area contributed by atoms with Gasteiger partial charge in [-0.25, -0.2) is 4.98 Å². The van der Waals surface area contributed by atoms with Crippen LogP contribution in [0.4, 0.5) is 0 Å². The normalized spacial score (nSPS) is 17.5. The summed E-state index contributed by atoms with van der Waals surface area (Å²) in [5, 5.41) is 2.05. The van der Waals surface area contributed by atoms with Gasteiger partial charge in [0, 0.05) is 50.2 Å². The number of thiazole rings is 1. The second-order valence-corrected chi connectivity index (χ2v) is 9.98. The van der Waals surface area contributed by atoms with Gasteiger partial charge in [-0.3, -0.25) is 14.5 Å². The Balaban J connectivity index is 1.21. The van der Waals surface area contributed by atoms with Gasteiger partial charge >= 0.3 is 0 Å². The van der Waals surface area contributed by atoms with E-state index in [0.29, 0.717) is 25.4 Å². The summed E-state index contributed by atoms with van der Waals surface area (Å²) in [7, 11) is 0. The van der Waals surface area contributed by atoms with E-state index in [2.05, 4.69) is 41.1 Å². The highest BCUT2D eigenvalue weighted by Gasteiger charge is 2.25. The van der Waals surface area contributed by atoms with Gasteiger partial charge in [-0.1, -0.05) is 41.6 Å². The van der Waals surface area contributed by atoms with Gasteiger partial charge in [0.05, 0.1) is 18.0 Å². The number of carbonyl (C=O) groups excluding carboxylic acids is 2. The van der Waals surface area contributed by atoms with Crippen molar-refractivity contribution in [2.75, 3.05) is 51.6 Å². The number of carbonyl (C=O) groups is 2. The number of piperazine rings is 1. The maximum absolute atomic E-state index is 12.6. The van der Waals surface area contributed by atoms with Crippen molar-refractivity contribution in [3.63, 3.8) is 0 Å². The number of rotatable bonds is 6. The highest BCUT2D eigenvalue weighted by atomic mass is 32.2. The first-order chi connectivity index (χ1) is 14.6. The molecule has 1 aromatic carbocycles. The molecule has 30 heavy (non-hydrogen) atoms. The average Bonchev–Trinajstić information content (AvgIpc) is 3.45. The van der Waals surface area contributed by atoms with Gasteiger partial charge < -0.3 is 9.80 Å². The highest BCUT2D eigenvalue weighted by Crippen LogP contribution is 2.28. The van der Waals surface area contributed by atoms with E-state index < -0.39 is 0 Å². The molecule has 2 aromatic rings. The molecule has 1 aromatic heterocycles. The number of aromatic nitrogens is 1. The van der Waals surface area contributed by atoms with Crippen molar-refractivity contribution in [3.8, 4) is 11.3 Å². The van der Waals surface area contributed by atoms with Gasteiger partial charge in [-0.05, 0) is 19.8 Å². The lowest BCUT2D eigenvalue weighted by Gasteiger charge is -2.35. The summed E-state index contributed by atoms with van der Waals surface area (Å²) in [5.41, 5.74) is 3.30. The number of nitrogens with zero attached hydrogens (tertiary/aromatic N) is 4. The van der Waals surface area contributed by atoms with Crippen LogP contribution >= 0.6 is 23.1 Å². The molecule has 0 atom stereocenters. The molecule has 0 aliphatic carbocycles. The lowest BCUT2D eigenvalue weighted by molar-refractivity contribution is -0.133. The van der Waals surface area contributed by atoms with Gasteiger partial charge in [0.25, 0.3) is 0 Å². The molecular formula is C22H28N4O2S2. The van der Waals surface area contributed by atoms with Gasteiger partial charge in [0.1, 0.15) is 0 Å². The Kier molecular flexibility index (Phi) is 7.07. The van der Waals surface area contributed by atoms with Crippen molar-refractivity contribution < 1.29 is 9.59 Å². The SMILES string of the molecule is Cc1ccc(-c2csc(SCC(=O)N3CCN(CC(=O)N4CCCC4)CC3)n2)cc1. The molecule has 8 heteroatoms. The van der Waals surface area contributed by atoms with E-state index in [1.807, 2.05) is 15.2 Å². The van der Waals surface area contributed by atoms with E-state index in [0.717, 1.165) is 54.6 Å². The third-order valence-corrected chi connectivity index (χ3v) is 7.70. The molecule has 2 saturated heterocycles. The molecule has 6 nitrogen and oxygen atoms in total. The second kappa shape index (κ2) is 9.94. The zero-order valence-electron chi connectivity index (χ0n) is 17.4. The molecule has 2 aliphatic heterocycles. The minimum atomic E-state index is 0.151. The van der Waals surface area contributed by atoms with E-state index in [1.165, 1.54) is 17.3 Å². The Morgan fingerprint density at radius 2 is 1.63 bits per heavy atom. The predicted molar refractivity (Wildman–Crippen MR) is 122 cm³/mol. The van der Waals surface area contributed by atoms with Crippen LogP contribution in [-0.4, -0.2) is 83.1 Å². The smallest absolute Gasteiger partial charge is 0.236 e. The number of benzene rings is 1. The van der Waals surface area contributed by atoms with Gasteiger partial charge in [-0.2, -0.15) is 0 Å². The lowest BCUT2D eigenvalue weighted by atomic mass is 10.1. The first kappa shape index (κ1) is 21.3. The zero-order chi connectivity index (χ0) is 20.9. The van der Waals surface area contributed by atoms with E-state index >= 15 is 0 Å².